The minimum absolute atomic E-state index is 0.00729. The molecular formula is C19H19F2N5O3. The summed E-state index contributed by atoms with van der Waals surface area (Å²) in [5.41, 5.74) is 1.63. The maximum Gasteiger partial charge on any atom is 0.322 e. The number of carbonyl (C=O) groups is 2. The first-order valence-electron chi connectivity index (χ1n) is 9.11. The number of halogens is 2. The summed E-state index contributed by atoms with van der Waals surface area (Å²) in [5, 5.41) is 8.43. The lowest BCUT2D eigenvalue weighted by molar-refractivity contribution is -0.122. The lowest BCUT2D eigenvalue weighted by Crippen LogP contribution is -2.45. The van der Waals surface area contributed by atoms with E-state index in [0.717, 1.165) is 16.7 Å². The molecule has 0 aliphatic carbocycles. The van der Waals surface area contributed by atoms with Crippen LogP contribution in [0.1, 0.15) is 24.2 Å². The highest BCUT2D eigenvalue weighted by Gasteiger charge is 2.28. The van der Waals surface area contributed by atoms with Gasteiger partial charge in [0.25, 0.3) is 0 Å². The Morgan fingerprint density at radius 3 is 3.03 bits per heavy atom. The van der Waals surface area contributed by atoms with Crippen LogP contribution in [-0.4, -0.2) is 41.5 Å². The van der Waals surface area contributed by atoms with Crippen LogP contribution in [-0.2, 0) is 11.3 Å². The predicted octanol–water partition coefficient (Wildman–Crippen LogP) is 2.39. The van der Waals surface area contributed by atoms with Gasteiger partial charge in [-0.15, -0.1) is 0 Å². The monoisotopic (exact) mass is 403 g/mol. The number of fused-ring (bicyclic) bond motifs is 2. The Hall–Kier alpha value is -3.43. The van der Waals surface area contributed by atoms with E-state index in [0.29, 0.717) is 24.6 Å². The summed E-state index contributed by atoms with van der Waals surface area (Å²) in [6, 6.07) is 3.06. The van der Waals surface area contributed by atoms with E-state index in [4.69, 9.17) is 4.74 Å². The topological polar surface area (TPSA) is 95.6 Å². The highest BCUT2D eigenvalue weighted by atomic mass is 19.2. The van der Waals surface area contributed by atoms with E-state index in [-0.39, 0.29) is 24.3 Å². The predicted molar refractivity (Wildman–Crippen MR) is 101 cm³/mol. The fourth-order valence-electron chi connectivity index (χ4n) is 3.28. The molecule has 1 atom stereocenters. The smallest absolute Gasteiger partial charge is 0.322 e. The van der Waals surface area contributed by atoms with Gasteiger partial charge in [-0.25, -0.2) is 13.6 Å². The maximum atomic E-state index is 14.0. The third-order valence-electron chi connectivity index (χ3n) is 4.79. The van der Waals surface area contributed by atoms with E-state index in [1.54, 1.807) is 19.2 Å². The largest absolute Gasteiger partial charge is 0.488 e. The van der Waals surface area contributed by atoms with E-state index in [2.05, 4.69) is 20.9 Å². The zero-order valence-electron chi connectivity index (χ0n) is 15.6. The van der Waals surface area contributed by atoms with Gasteiger partial charge in [0.1, 0.15) is 13.2 Å². The minimum Gasteiger partial charge on any atom is -0.488 e. The maximum absolute atomic E-state index is 14.0. The molecule has 3 amide bonds. The molecule has 152 valence electrons. The molecule has 2 aromatic rings. The first kappa shape index (κ1) is 18.9. The normalized spacial score (nSPS) is 16.0. The van der Waals surface area contributed by atoms with E-state index in [1.165, 1.54) is 6.07 Å². The van der Waals surface area contributed by atoms with Crippen molar-refractivity contribution in [2.24, 2.45) is 0 Å². The van der Waals surface area contributed by atoms with Crippen LogP contribution in [0.5, 0.6) is 5.75 Å². The number of hydrogen-bond donors (Lipinski definition) is 3. The number of hydrogen-bond acceptors (Lipinski definition) is 5. The molecule has 0 unspecified atom stereocenters. The Bertz CT molecular complexity index is 985. The van der Waals surface area contributed by atoms with E-state index >= 15 is 0 Å². The summed E-state index contributed by atoms with van der Waals surface area (Å²) < 4.78 is 33.0. The zero-order chi connectivity index (χ0) is 20.5. The molecule has 0 spiro atoms. The number of urea groups is 1. The number of pyridine rings is 1. The second kappa shape index (κ2) is 7.53. The summed E-state index contributed by atoms with van der Waals surface area (Å²) in [5.74, 6) is -1.84. The SMILES string of the molecule is C[C@@H](NC(=O)CN1Cc2c(ccc(F)c2F)NC1=O)c1cc2c(cn1)OCCN2. The molecule has 0 saturated carbocycles. The van der Waals surface area contributed by atoms with Gasteiger partial charge in [0.2, 0.25) is 5.91 Å². The zero-order valence-corrected chi connectivity index (χ0v) is 15.6. The van der Waals surface area contributed by atoms with Crippen LogP contribution in [0.15, 0.2) is 24.4 Å². The van der Waals surface area contributed by atoms with Gasteiger partial charge in [-0.1, -0.05) is 0 Å². The fourth-order valence-corrected chi connectivity index (χ4v) is 3.28. The summed E-state index contributed by atoms with van der Waals surface area (Å²) in [6.07, 6.45) is 1.59. The van der Waals surface area contributed by atoms with Crippen molar-refractivity contribution in [1.29, 1.82) is 0 Å². The van der Waals surface area contributed by atoms with Crippen molar-refractivity contribution in [3.63, 3.8) is 0 Å². The van der Waals surface area contributed by atoms with Crippen molar-refractivity contribution in [3.8, 4) is 5.75 Å². The number of nitrogens with zero attached hydrogens (tertiary/aromatic N) is 2. The number of aromatic nitrogens is 1. The van der Waals surface area contributed by atoms with Gasteiger partial charge in [-0.3, -0.25) is 9.78 Å². The first-order valence-corrected chi connectivity index (χ1v) is 9.11. The van der Waals surface area contributed by atoms with Crippen molar-refractivity contribution in [2.45, 2.75) is 19.5 Å². The second-order valence-corrected chi connectivity index (χ2v) is 6.84. The van der Waals surface area contributed by atoms with Crippen LogP contribution in [0.25, 0.3) is 0 Å². The average molecular weight is 403 g/mol. The number of ether oxygens (including phenoxy) is 1. The molecule has 0 fully saturated rings. The molecular weight excluding hydrogens is 384 g/mol. The Balaban J connectivity index is 1.41. The van der Waals surface area contributed by atoms with Gasteiger partial charge in [0, 0.05) is 12.1 Å². The van der Waals surface area contributed by atoms with Gasteiger partial charge in [0.05, 0.1) is 35.9 Å². The minimum atomic E-state index is -1.03. The number of rotatable bonds is 4. The van der Waals surface area contributed by atoms with Gasteiger partial charge in [-0.2, -0.15) is 0 Å². The van der Waals surface area contributed by atoms with Gasteiger partial charge in [-0.05, 0) is 25.1 Å². The molecule has 0 radical (unpaired) electrons. The molecule has 3 heterocycles. The summed E-state index contributed by atoms with van der Waals surface area (Å²) in [4.78, 5) is 30.0. The number of anilines is 2. The quantitative estimate of drug-likeness (QED) is 0.729. The Kier molecular flexibility index (Phi) is 4.91. The molecule has 1 aromatic carbocycles. The van der Waals surface area contributed by atoms with Crippen LogP contribution in [0.2, 0.25) is 0 Å². The Morgan fingerprint density at radius 1 is 1.38 bits per heavy atom. The van der Waals surface area contributed by atoms with Gasteiger partial charge < -0.3 is 25.6 Å². The van der Waals surface area contributed by atoms with E-state index in [1.807, 2.05) is 0 Å². The lowest BCUT2D eigenvalue weighted by atomic mass is 10.1. The van der Waals surface area contributed by atoms with Crippen LogP contribution >= 0.6 is 0 Å². The number of nitrogens with one attached hydrogen (secondary N) is 3. The van der Waals surface area contributed by atoms with Crippen molar-refractivity contribution in [1.82, 2.24) is 15.2 Å². The highest BCUT2D eigenvalue weighted by molar-refractivity contribution is 5.95. The van der Waals surface area contributed by atoms with Crippen LogP contribution in [0.4, 0.5) is 25.0 Å². The van der Waals surface area contributed by atoms with Crippen LogP contribution in [0.3, 0.4) is 0 Å². The summed E-state index contributed by atoms with van der Waals surface area (Å²) in [7, 11) is 0. The number of carbonyl (C=O) groups excluding carboxylic acids is 2. The summed E-state index contributed by atoms with van der Waals surface area (Å²) in [6.45, 7) is 2.49. The molecule has 0 saturated heterocycles. The lowest BCUT2D eigenvalue weighted by Gasteiger charge is -2.29. The molecule has 0 bridgehead atoms. The Morgan fingerprint density at radius 2 is 2.21 bits per heavy atom. The second-order valence-electron chi connectivity index (χ2n) is 6.84. The van der Waals surface area contributed by atoms with Crippen LogP contribution < -0.4 is 20.7 Å². The number of amides is 3. The molecule has 3 N–H and O–H groups in total. The molecule has 4 rings (SSSR count). The molecule has 8 nitrogen and oxygen atoms in total. The van der Waals surface area contributed by atoms with Crippen molar-refractivity contribution in [2.75, 3.05) is 30.3 Å². The van der Waals surface area contributed by atoms with Crippen LogP contribution in [0, 0.1) is 11.6 Å². The van der Waals surface area contributed by atoms with E-state index in [9.17, 15) is 18.4 Å². The highest BCUT2D eigenvalue weighted by Crippen LogP contribution is 2.29. The molecule has 29 heavy (non-hydrogen) atoms. The third-order valence-corrected chi connectivity index (χ3v) is 4.79. The molecule has 2 aliphatic rings. The van der Waals surface area contributed by atoms with Crippen molar-refractivity contribution >= 4 is 23.3 Å². The van der Waals surface area contributed by atoms with Crippen molar-refractivity contribution < 1.29 is 23.1 Å². The van der Waals surface area contributed by atoms with Crippen molar-refractivity contribution in [3.05, 3.63) is 47.3 Å². The average Bonchev–Trinajstić information content (AvgIpc) is 2.71. The van der Waals surface area contributed by atoms with Gasteiger partial charge >= 0.3 is 6.03 Å². The fraction of sp³-hybridized carbons (Fsp3) is 0.316. The first-order chi connectivity index (χ1) is 13.9. The molecule has 1 aromatic heterocycles. The summed E-state index contributed by atoms with van der Waals surface area (Å²) >= 11 is 0. The standard InChI is InChI=1S/C19H19F2N5O3/c1-10(14-6-15-16(7-23-14)29-5-4-22-15)24-17(27)9-26-8-11-13(25-19(26)28)3-2-12(20)18(11)21/h2-3,6-7,10,22H,4-5,8-9H2,1H3,(H,24,27)(H,25,28)/t10-/m1/s1. The van der Waals surface area contributed by atoms with Gasteiger partial charge in [0.15, 0.2) is 17.4 Å². The van der Waals surface area contributed by atoms with E-state index < -0.39 is 29.6 Å². The Labute approximate surface area is 165 Å². The third kappa shape index (κ3) is 3.78. The molecule has 10 heteroatoms. The number of benzene rings is 1. The molecule has 2 aliphatic heterocycles.